The van der Waals surface area contributed by atoms with Gasteiger partial charge in [-0.1, -0.05) is 22.0 Å². The molecule has 0 saturated heterocycles. The largest absolute Gasteiger partial charge is 0.482 e. The summed E-state index contributed by atoms with van der Waals surface area (Å²) in [5, 5.41) is 6.60. The molecule has 0 aliphatic heterocycles. The van der Waals surface area contributed by atoms with Crippen LogP contribution in [-0.4, -0.2) is 37.7 Å². The summed E-state index contributed by atoms with van der Waals surface area (Å²) < 4.78 is 10.9. The van der Waals surface area contributed by atoms with Crippen LogP contribution < -0.4 is 15.4 Å². The lowest BCUT2D eigenvalue weighted by Crippen LogP contribution is -2.42. The second-order valence-corrected chi connectivity index (χ2v) is 6.98. The zero-order valence-corrected chi connectivity index (χ0v) is 16.1. The van der Waals surface area contributed by atoms with Crippen LogP contribution in [0.4, 0.5) is 4.79 Å². The van der Waals surface area contributed by atoms with Crippen LogP contribution in [0.15, 0.2) is 46.3 Å². The van der Waals surface area contributed by atoms with Crippen LogP contribution in [-0.2, 0) is 20.7 Å². The molecule has 1 aromatic carbocycles. The van der Waals surface area contributed by atoms with Crippen LogP contribution in [0.25, 0.3) is 0 Å². The first-order chi connectivity index (χ1) is 12.5. The van der Waals surface area contributed by atoms with Gasteiger partial charge in [-0.05, 0) is 42.1 Å². The van der Waals surface area contributed by atoms with Crippen LogP contribution in [0.1, 0.15) is 4.88 Å². The Kier molecular flexibility index (Phi) is 8.10. The summed E-state index contributed by atoms with van der Waals surface area (Å²) in [7, 11) is 0. The minimum absolute atomic E-state index is 0.331. The van der Waals surface area contributed by atoms with Crippen molar-refractivity contribution >= 4 is 45.2 Å². The summed E-state index contributed by atoms with van der Waals surface area (Å²) >= 11 is 4.88. The Morgan fingerprint density at radius 2 is 1.85 bits per heavy atom. The summed E-state index contributed by atoms with van der Waals surface area (Å²) in [5.41, 5.74) is 0. The molecule has 0 aliphatic rings. The average molecular weight is 441 g/mol. The van der Waals surface area contributed by atoms with Gasteiger partial charge in [0.2, 0.25) is 0 Å². The fourth-order valence-electron chi connectivity index (χ4n) is 1.82. The highest BCUT2D eigenvalue weighted by molar-refractivity contribution is 9.10. The third kappa shape index (κ3) is 7.66. The number of ether oxygens (including phenoxy) is 2. The summed E-state index contributed by atoms with van der Waals surface area (Å²) in [4.78, 5) is 35.8. The molecule has 3 amide bonds. The molecule has 138 valence electrons. The molecule has 2 rings (SSSR count). The van der Waals surface area contributed by atoms with Crippen molar-refractivity contribution in [2.45, 2.75) is 6.42 Å². The predicted octanol–water partition coefficient (Wildman–Crippen LogP) is 2.50. The van der Waals surface area contributed by atoms with Gasteiger partial charge in [-0.3, -0.25) is 10.1 Å². The van der Waals surface area contributed by atoms with Crippen molar-refractivity contribution in [2.75, 3.05) is 19.8 Å². The number of urea groups is 1. The molecule has 0 saturated carbocycles. The van der Waals surface area contributed by atoms with Gasteiger partial charge in [0.1, 0.15) is 5.75 Å². The zero-order chi connectivity index (χ0) is 18.8. The van der Waals surface area contributed by atoms with Crippen molar-refractivity contribution < 1.29 is 23.9 Å². The molecule has 0 bridgehead atoms. The minimum atomic E-state index is -0.712. The lowest BCUT2D eigenvalue weighted by Gasteiger charge is -2.08. The number of esters is 1. The lowest BCUT2D eigenvalue weighted by atomic mass is 10.3. The van der Waals surface area contributed by atoms with Crippen LogP contribution in [0, 0.1) is 0 Å². The summed E-state index contributed by atoms with van der Waals surface area (Å²) in [6, 6.07) is 10.2. The second-order valence-electron chi connectivity index (χ2n) is 5.04. The fourth-order valence-corrected chi connectivity index (χ4v) is 2.80. The molecule has 2 N–H and O–H groups in total. The van der Waals surface area contributed by atoms with E-state index in [1.54, 1.807) is 35.6 Å². The molecule has 1 heterocycles. The fraction of sp³-hybridized carbons (Fsp3) is 0.235. The van der Waals surface area contributed by atoms with Gasteiger partial charge < -0.3 is 14.8 Å². The highest BCUT2D eigenvalue weighted by atomic mass is 79.9. The van der Waals surface area contributed by atoms with Gasteiger partial charge in [0, 0.05) is 15.9 Å². The maximum atomic E-state index is 11.6. The quantitative estimate of drug-likeness (QED) is 0.615. The van der Waals surface area contributed by atoms with Crippen LogP contribution in [0.5, 0.6) is 5.75 Å². The number of carbonyl (C=O) groups excluding carboxylic acids is 3. The monoisotopic (exact) mass is 440 g/mol. The highest BCUT2D eigenvalue weighted by Crippen LogP contribution is 2.15. The molecule has 1 aromatic heterocycles. The van der Waals surface area contributed by atoms with E-state index in [1.165, 1.54) is 0 Å². The molecule has 7 nitrogen and oxygen atoms in total. The number of hydrogen-bond acceptors (Lipinski definition) is 6. The Labute approximate surface area is 162 Å². The number of amides is 3. The van der Waals surface area contributed by atoms with Gasteiger partial charge >= 0.3 is 12.0 Å². The van der Waals surface area contributed by atoms with Gasteiger partial charge in [-0.2, -0.15) is 0 Å². The maximum absolute atomic E-state index is 11.6. The third-order valence-corrected chi connectivity index (χ3v) is 4.49. The topological polar surface area (TPSA) is 93.7 Å². The molecular formula is C17H17BrN2O5S. The molecule has 2 aromatic rings. The van der Waals surface area contributed by atoms with Crippen molar-refractivity contribution in [3.63, 3.8) is 0 Å². The zero-order valence-electron chi connectivity index (χ0n) is 13.7. The van der Waals surface area contributed by atoms with Crippen molar-refractivity contribution in [2.24, 2.45) is 0 Å². The molecule has 0 fully saturated rings. The Morgan fingerprint density at radius 3 is 2.54 bits per heavy atom. The van der Waals surface area contributed by atoms with Crippen molar-refractivity contribution in [1.29, 1.82) is 0 Å². The maximum Gasteiger partial charge on any atom is 0.344 e. The second kappa shape index (κ2) is 10.6. The Hall–Kier alpha value is -2.39. The highest BCUT2D eigenvalue weighted by Gasteiger charge is 2.11. The van der Waals surface area contributed by atoms with Gasteiger partial charge in [0.25, 0.3) is 5.91 Å². The number of hydrogen-bond donors (Lipinski definition) is 2. The molecule has 0 radical (unpaired) electrons. The van der Waals surface area contributed by atoms with E-state index in [4.69, 9.17) is 9.47 Å². The average Bonchev–Trinajstić information content (AvgIpc) is 3.13. The van der Waals surface area contributed by atoms with E-state index >= 15 is 0 Å². The lowest BCUT2D eigenvalue weighted by molar-refractivity contribution is -0.150. The van der Waals surface area contributed by atoms with Crippen molar-refractivity contribution in [3.8, 4) is 5.75 Å². The van der Waals surface area contributed by atoms with Crippen molar-refractivity contribution in [1.82, 2.24) is 10.6 Å². The molecular weight excluding hydrogens is 424 g/mol. The number of carbonyl (C=O) groups is 3. The SMILES string of the molecule is O=C(COC(=O)COc1ccc(Br)cc1)NC(=O)NCCc1cccs1. The van der Waals surface area contributed by atoms with E-state index in [0.717, 1.165) is 9.35 Å². The molecule has 9 heteroatoms. The summed E-state index contributed by atoms with van der Waals surface area (Å²) in [6.07, 6.45) is 0.682. The number of halogens is 1. The van der Waals surface area contributed by atoms with Gasteiger partial charge in [0.15, 0.2) is 13.2 Å². The Morgan fingerprint density at radius 1 is 1.08 bits per heavy atom. The summed E-state index contributed by atoms with van der Waals surface area (Å²) in [6.45, 7) is -0.483. The minimum Gasteiger partial charge on any atom is -0.482 e. The molecule has 0 aliphatic carbocycles. The van der Waals surface area contributed by atoms with E-state index in [2.05, 4.69) is 26.6 Å². The van der Waals surface area contributed by atoms with Crippen LogP contribution in [0.2, 0.25) is 0 Å². The van der Waals surface area contributed by atoms with E-state index in [-0.39, 0.29) is 6.61 Å². The standard InChI is InChI=1S/C17H17BrN2O5S/c18-12-3-5-13(6-4-12)24-11-16(22)25-10-15(21)20-17(23)19-8-7-14-2-1-9-26-14/h1-6,9H,7-8,10-11H2,(H2,19,20,21,23). The number of rotatable bonds is 8. The third-order valence-electron chi connectivity index (χ3n) is 3.02. The Balaban J connectivity index is 1.57. The van der Waals surface area contributed by atoms with Crippen LogP contribution >= 0.6 is 27.3 Å². The summed E-state index contributed by atoms with van der Waals surface area (Å²) in [5.74, 6) is -0.920. The molecule has 0 atom stereocenters. The number of imide groups is 1. The normalized spacial score (nSPS) is 10.0. The van der Waals surface area contributed by atoms with E-state index in [0.29, 0.717) is 18.7 Å². The van der Waals surface area contributed by atoms with Crippen molar-refractivity contribution in [3.05, 3.63) is 51.1 Å². The molecule has 0 unspecified atom stereocenters. The van der Waals surface area contributed by atoms with Gasteiger partial charge in [-0.15, -0.1) is 11.3 Å². The first kappa shape index (κ1) is 19.9. The predicted molar refractivity (Wildman–Crippen MR) is 100 cm³/mol. The van der Waals surface area contributed by atoms with Gasteiger partial charge in [-0.25, -0.2) is 9.59 Å². The smallest absolute Gasteiger partial charge is 0.344 e. The first-order valence-electron chi connectivity index (χ1n) is 7.67. The first-order valence-corrected chi connectivity index (χ1v) is 9.34. The van der Waals surface area contributed by atoms with Gasteiger partial charge in [0.05, 0.1) is 0 Å². The number of benzene rings is 1. The number of nitrogens with one attached hydrogen (secondary N) is 2. The Bertz CT molecular complexity index is 734. The van der Waals surface area contributed by atoms with Crippen LogP contribution in [0.3, 0.4) is 0 Å². The molecule has 26 heavy (non-hydrogen) atoms. The number of thiophene rings is 1. The van der Waals surface area contributed by atoms with E-state index in [1.807, 2.05) is 17.5 Å². The van der Waals surface area contributed by atoms with E-state index in [9.17, 15) is 14.4 Å². The molecule has 0 spiro atoms. The van der Waals surface area contributed by atoms with E-state index < -0.39 is 24.5 Å².